The van der Waals surface area contributed by atoms with Crippen LogP contribution in [0.3, 0.4) is 0 Å². The predicted octanol–water partition coefficient (Wildman–Crippen LogP) is 1.80. The van der Waals surface area contributed by atoms with Crippen LogP contribution in [0.15, 0.2) is 30.3 Å². The second kappa shape index (κ2) is 8.15. The molecule has 1 aromatic rings. The predicted molar refractivity (Wildman–Crippen MR) is 93.8 cm³/mol. The lowest BCUT2D eigenvalue weighted by Crippen LogP contribution is -2.50. The highest BCUT2D eigenvalue weighted by Gasteiger charge is 2.29. The summed E-state index contributed by atoms with van der Waals surface area (Å²) in [5.74, 6) is 0.402. The van der Waals surface area contributed by atoms with Crippen molar-refractivity contribution >= 4 is 17.6 Å². The standard InChI is InChI=1S/C18H26N4O2/c23-17(14-5-4-10-19-13-14)22-11-8-16(9-12-22)21-18(24)20-15-6-2-1-3-7-15/h1-3,6-7,14,16,19H,4-5,8-13H2,(H2,20,21,24). The van der Waals surface area contributed by atoms with Gasteiger partial charge in [0.1, 0.15) is 0 Å². The lowest BCUT2D eigenvalue weighted by atomic mass is 9.96. The van der Waals surface area contributed by atoms with Gasteiger partial charge in [0, 0.05) is 31.4 Å². The Bertz CT molecular complexity index is 549. The number of urea groups is 1. The highest BCUT2D eigenvalue weighted by molar-refractivity contribution is 5.89. The number of piperidine rings is 2. The van der Waals surface area contributed by atoms with Gasteiger partial charge in [-0.3, -0.25) is 4.79 Å². The van der Waals surface area contributed by atoms with E-state index < -0.39 is 0 Å². The Balaban J connectivity index is 1.41. The van der Waals surface area contributed by atoms with Crippen LogP contribution in [0.2, 0.25) is 0 Å². The summed E-state index contributed by atoms with van der Waals surface area (Å²) in [5, 5.41) is 9.14. The highest BCUT2D eigenvalue weighted by atomic mass is 16.2. The van der Waals surface area contributed by atoms with Crippen LogP contribution in [0.1, 0.15) is 25.7 Å². The molecule has 1 unspecified atom stereocenters. The number of nitrogens with zero attached hydrogens (tertiary/aromatic N) is 1. The normalized spacial score (nSPS) is 22.0. The first-order chi connectivity index (χ1) is 11.7. The monoisotopic (exact) mass is 330 g/mol. The first-order valence-corrected chi connectivity index (χ1v) is 8.84. The number of nitrogens with one attached hydrogen (secondary N) is 3. The fourth-order valence-corrected chi connectivity index (χ4v) is 3.44. The third kappa shape index (κ3) is 4.47. The quantitative estimate of drug-likeness (QED) is 0.791. The minimum atomic E-state index is -0.178. The zero-order chi connectivity index (χ0) is 16.8. The van der Waals surface area contributed by atoms with Crippen LogP contribution in [0.5, 0.6) is 0 Å². The summed E-state index contributed by atoms with van der Waals surface area (Å²) in [7, 11) is 0. The molecule has 0 saturated carbocycles. The summed E-state index contributed by atoms with van der Waals surface area (Å²) in [5.41, 5.74) is 0.785. The number of amides is 3. The van der Waals surface area contributed by atoms with Crippen molar-refractivity contribution < 1.29 is 9.59 Å². The van der Waals surface area contributed by atoms with E-state index in [0.717, 1.165) is 57.5 Å². The number of carbonyl (C=O) groups is 2. The number of rotatable bonds is 3. The Morgan fingerprint density at radius 3 is 2.50 bits per heavy atom. The SMILES string of the molecule is O=C(Nc1ccccc1)NC1CCN(C(=O)C2CCCNC2)CC1. The van der Waals surface area contributed by atoms with Crippen molar-refractivity contribution in [3.63, 3.8) is 0 Å². The maximum atomic E-state index is 12.5. The Kier molecular flexibility index (Phi) is 5.69. The average Bonchev–Trinajstić information content (AvgIpc) is 2.63. The van der Waals surface area contributed by atoms with Gasteiger partial charge < -0.3 is 20.9 Å². The number of benzene rings is 1. The maximum Gasteiger partial charge on any atom is 0.319 e. The molecular weight excluding hydrogens is 304 g/mol. The van der Waals surface area contributed by atoms with E-state index in [0.29, 0.717) is 0 Å². The number of anilines is 1. The Labute approximate surface area is 143 Å². The fraction of sp³-hybridized carbons (Fsp3) is 0.556. The molecule has 2 aliphatic heterocycles. The van der Waals surface area contributed by atoms with Gasteiger partial charge >= 0.3 is 6.03 Å². The summed E-state index contributed by atoms with van der Waals surface area (Å²) in [4.78, 5) is 26.5. The fourth-order valence-electron chi connectivity index (χ4n) is 3.44. The summed E-state index contributed by atoms with van der Waals surface area (Å²) in [6.45, 7) is 3.28. The van der Waals surface area contributed by atoms with Gasteiger partial charge in [0.05, 0.1) is 5.92 Å². The van der Waals surface area contributed by atoms with Gasteiger partial charge in [-0.05, 0) is 44.4 Å². The van der Waals surface area contributed by atoms with Gasteiger partial charge in [-0.15, -0.1) is 0 Å². The second-order valence-corrected chi connectivity index (χ2v) is 6.61. The molecule has 0 radical (unpaired) electrons. The van der Waals surface area contributed by atoms with E-state index in [2.05, 4.69) is 16.0 Å². The van der Waals surface area contributed by atoms with Gasteiger partial charge in [-0.25, -0.2) is 4.79 Å². The van der Waals surface area contributed by atoms with E-state index in [4.69, 9.17) is 0 Å². The lowest BCUT2D eigenvalue weighted by molar-refractivity contribution is -0.137. The largest absolute Gasteiger partial charge is 0.342 e. The van der Waals surface area contributed by atoms with Gasteiger partial charge in [0.25, 0.3) is 0 Å². The van der Waals surface area contributed by atoms with Crippen molar-refractivity contribution in [2.75, 3.05) is 31.5 Å². The molecule has 0 spiro atoms. The van der Waals surface area contributed by atoms with Crippen LogP contribution in [-0.2, 0) is 4.79 Å². The van der Waals surface area contributed by atoms with E-state index in [1.165, 1.54) is 0 Å². The molecule has 24 heavy (non-hydrogen) atoms. The summed E-state index contributed by atoms with van der Waals surface area (Å²) < 4.78 is 0. The highest BCUT2D eigenvalue weighted by Crippen LogP contribution is 2.18. The van der Waals surface area contributed by atoms with Crippen LogP contribution in [0, 0.1) is 5.92 Å². The Hall–Kier alpha value is -2.08. The number of carbonyl (C=O) groups excluding carboxylic acids is 2. The number of hydrogen-bond acceptors (Lipinski definition) is 3. The van der Waals surface area contributed by atoms with Crippen molar-refractivity contribution in [2.24, 2.45) is 5.92 Å². The molecule has 6 nitrogen and oxygen atoms in total. The van der Waals surface area contributed by atoms with Crippen molar-refractivity contribution in [2.45, 2.75) is 31.7 Å². The van der Waals surface area contributed by atoms with E-state index >= 15 is 0 Å². The van der Waals surface area contributed by atoms with Gasteiger partial charge in [0.2, 0.25) is 5.91 Å². The van der Waals surface area contributed by atoms with Crippen LogP contribution in [0.4, 0.5) is 10.5 Å². The maximum absolute atomic E-state index is 12.5. The molecular formula is C18H26N4O2. The molecule has 3 amide bonds. The van der Waals surface area contributed by atoms with Gasteiger partial charge in [-0.2, -0.15) is 0 Å². The van der Waals surface area contributed by atoms with E-state index in [1.807, 2.05) is 35.2 Å². The third-order valence-corrected chi connectivity index (χ3v) is 4.82. The summed E-state index contributed by atoms with van der Waals surface area (Å²) in [6.07, 6.45) is 3.69. The zero-order valence-electron chi connectivity index (χ0n) is 14.0. The topological polar surface area (TPSA) is 73.5 Å². The smallest absolute Gasteiger partial charge is 0.319 e. The molecule has 130 valence electrons. The number of hydrogen-bond donors (Lipinski definition) is 3. The number of para-hydroxylation sites is 1. The Morgan fingerprint density at radius 2 is 1.83 bits per heavy atom. The molecule has 2 saturated heterocycles. The van der Waals surface area contributed by atoms with Crippen LogP contribution >= 0.6 is 0 Å². The molecule has 2 heterocycles. The van der Waals surface area contributed by atoms with Crippen molar-refractivity contribution in [3.8, 4) is 0 Å². The molecule has 6 heteroatoms. The first-order valence-electron chi connectivity index (χ1n) is 8.84. The zero-order valence-corrected chi connectivity index (χ0v) is 14.0. The molecule has 0 bridgehead atoms. The molecule has 0 aromatic heterocycles. The van der Waals surface area contributed by atoms with E-state index in [9.17, 15) is 9.59 Å². The summed E-state index contributed by atoms with van der Waals surface area (Å²) in [6, 6.07) is 9.36. The molecule has 2 aliphatic rings. The van der Waals surface area contributed by atoms with Gasteiger partial charge in [-0.1, -0.05) is 18.2 Å². The molecule has 1 atom stereocenters. The molecule has 3 rings (SSSR count). The first kappa shape index (κ1) is 16.8. The van der Waals surface area contributed by atoms with Crippen LogP contribution < -0.4 is 16.0 Å². The van der Waals surface area contributed by atoms with E-state index in [1.54, 1.807) is 0 Å². The molecule has 1 aromatic carbocycles. The van der Waals surface area contributed by atoms with Crippen LogP contribution in [0.25, 0.3) is 0 Å². The van der Waals surface area contributed by atoms with Crippen LogP contribution in [-0.4, -0.2) is 49.1 Å². The van der Waals surface area contributed by atoms with Crippen molar-refractivity contribution in [1.82, 2.24) is 15.5 Å². The average molecular weight is 330 g/mol. The van der Waals surface area contributed by atoms with Gasteiger partial charge in [0.15, 0.2) is 0 Å². The van der Waals surface area contributed by atoms with E-state index in [-0.39, 0.29) is 23.9 Å². The van der Waals surface area contributed by atoms with Crippen molar-refractivity contribution in [1.29, 1.82) is 0 Å². The van der Waals surface area contributed by atoms with Crippen molar-refractivity contribution in [3.05, 3.63) is 30.3 Å². The Morgan fingerprint density at radius 1 is 1.08 bits per heavy atom. The molecule has 0 aliphatic carbocycles. The summed E-state index contributed by atoms with van der Waals surface area (Å²) >= 11 is 0. The third-order valence-electron chi connectivity index (χ3n) is 4.82. The minimum absolute atomic E-state index is 0.127. The lowest BCUT2D eigenvalue weighted by Gasteiger charge is -2.35. The molecule has 2 fully saturated rings. The minimum Gasteiger partial charge on any atom is -0.342 e. The molecule has 3 N–H and O–H groups in total. The second-order valence-electron chi connectivity index (χ2n) is 6.61. The number of likely N-dealkylation sites (tertiary alicyclic amines) is 1.